The maximum absolute atomic E-state index is 2.40. The van der Waals surface area contributed by atoms with Gasteiger partial charge in [0.1, 0.15) is 0 Å². The van der Waals surface area contributed by atoms with Crippen LogP contribution in [0.3, 0.4) is 0 Å². The zero-order valence-electron chi connectivity index (χ0n) is 23.2. The van der Waals surface area contributed by atoms with Crippen LogP contribution in [-0.4, -0.2) is 0 Å². The van der Waals surface area contributed by atoms with Gasteiger partial charge in [0.25, 0.3) is 0 Å². The van der Waals surface area contributed by atoms with Crippen molar-refractivity contribution in [3.05, 3.63) is 151 Å². The summed E-state index contributed by atoms with van der Waals surface area (Å²) in [4.78, 5) is 2.32. The molecule has 0 aliphatic rings. The fourth-order valence-electron chi connectivity index (χ4n) is 6.51. The number of benzene rings is 7. The Bertz CT molecular complexity index is 2390. The molecule has 3 heteroatoms. The maximum Gasteiger partial charge on any atom is 0.0462 e. The summed E-state index contributed by atoms with van der Waals surface area (Å²) in [6.07, 6.45) is 0. The third kappa shape index (κ3) is 3.97. The molecule has 0 saturated heterocycles. The first-order valence-electron chi connectivity index (χ1n) is 14.5. The summed E-state index contributed by atoms with van der Waals surface area (Å²) in [5.41, 5.74) is 5.92. The van der Waals surface area contributed by atoms with Crippen molar-refractivity contribution in [2.24, 2.45) is 0 Å². The first-order chi connectivity index (χ1) is 21.3. The molecule has 0 amide bonds. The van der Waals surface area contributed by atoms with Gasteiger partial charge in [-0.25, -0.2) is 0 Å². The molecule has 2 heterocycles. The van der Waals surface area contributed by atoms with Crippen LogP contribution in [0.25, 0.3) is 62.9 Å². The molecule has 0 spiro atoms. The maximum atomic E-state index is 2.40. The fourth-order valence-corrected chi connectivity index (χ4v) is 8.59. The van der Waals surface area contributed by atoms with Crippen LogP contribution >= 0.6 is 22.7 Å². The molecule has 9 aromatic rings. The van der Waals surface area contributed by atoms with E-state index in [1.807, 2.05) is 22.7 Å². The molecule has 1 nitrogen and oxygen atoms in total. The van der Waals surface area contributed by atoms with E-state index >= 15 is 0 Å². The summed E-state index contributed by atoms with van der Waals surface area (Å²) in [7, 11) is 0. The minimum absolute atomic E-state index is 1.14. The molecule has 0 bridgehead atoms. The minimum atomic E-state index is 1.14. The lowest BCUT2D eigenvalue weighted by atomic mass is 9.91. The van der Waals surface area contributed by atoms with Crippen molar-refractivity contribution in [1.82, 2.24) is 0 Å². The van der Waals surface area contributed by atoms with E-state index in [9.17, 15) is 0 Å². The van der Waals surface area contributed by atoms with Crippen LogP contribution in [0.2, 0.25) is 0 Å². The van der Waals surface area contributed by atoms with Gasteiger partial charge in [0.2, 0.25) is 0 Å². The zero-order chi connectivity index (χ0) is 28.3. The van der Waals surface area contributed by atoms with E-state index in [2.05, 4.69) is 156 Å². The molecule has 0 atom stereocenters. The van der Waals surface area contributed by atoms with Crippen LogP contribution in [0.5, 0.6) is 0 Å². The number of hydrogen-bond donors (Lipinski definition) is 0. The van der Waals surface area contributed by atoms with Gasteiger partial charge < -0.3 is 4.90 Å². The SMILES string of the molecule is c1ccc(N(c2ccccc2)c2ccc(-c3cc4cc5sccc5cc4c4c3ccc3c5ccccc5sc34)cc2)cc1. The van der Waals surface area contributed by atoms with E-state index in [4.69, 9.17) is 0 Å². The second-order valence-corrected chi connectivity index (χ2v) is 13.0. The van der Waals surface area contributed by atoms with E-state index in [0.717, 1.165) is 17.1 Å². The molecular weight excluding hydrogens is 559 g/mol. The highest BCUT2D eigenvalue weighted by atomic mass is 32.1. The summed E-state index contributed by atoms with van der Waals surface area (Å²) in [5.74, 6) is 0. The van der Waals surface area contributed by atoms with Crippen molar-refractivity contribution in [2.75, 3.05) is 4.90 Å². The monoisotopic (exact) mass is 583 g/mol. The van der Waals surface area contributed by atoms with E-state index in [-0.39, 0.29) is 0 Å². The smallest absolute Gasteiger partial charge is 0.0462 e. The first-order valence-corrected chi connectivity index (χ1v) is 16.2. The van der Waals surface area contributed by atoms with E-state index in [1.165, 1.54) is 62.9 Å². The van der Waals surface area contributed by atoms with Crippen LogP contribution < -0.4 is 4.90 Å². The van der Waals surface area contributed by atoms with Crippen molar-refractivity contribution in [1.29, 1.82) is 0 Å². The average Bonchev–Trinajstić information content (AvgIpc) is 3.69. The lowest BCUT2D eigenvalue weighted by molar-refractivity contribution is 1.28. The molecule has 0 saturated carbocycles. The third-order valence-electron chi connectivity index (χ3n) is 8.50. The van der Waals surface area contributed by atoms with E-state index in [1.54, 1.807) is 0 Å². The van der Waals surface area contributed by atoms with Gasteiger partial charge in [-0.15, -0.1) is 22.7 Å². The number of para-hydroxylation sites is 2. The van der Waals surface area contributed by atoms with Gasteiger partial charge in [-0.05, 0) is 105 Å². The van der Waals surface area contributed by atoms with Gasteiger partial charge in [-0.1, -0.05) is 78.9 Å². The molecular formula is C40H25NS2. The topological polar surface area (TPSA) is 3.24 Å². The Morgan fingerprint density at radius 3 is 1.88 bits per heavy atom. The summed E-state index contributed by atoms with van der Waals surface area (Å²) < 4.78 is 4.04. The quantitative estimate of drug-likeness (QED) is 0.186. The second kappa shape index (κ2) is 9.81. The number of rotatable bonds is 4. The van der Waals surface area contributed by atoms with Gasteiger partial charge >= 0.3 is 0 Å². The lowest BCUT2D eigenvalue weighted by Gasteiger charge is -2.25. The molecule has 0 aliphatic carbocycles. The zero-order valence-corrected chi connectivity index (χ0v) is 24.8. The van der Waals surface area contributed by atoms with Crippen molar-refractivity contribution in [3.8, 4) is 11.1 Å². The lowest BCUT2D eigenvalue weighted by Crippen LogP contribution is -2.09. The number of fused-ring (bicyclic) bond motifs is 8. The van der Waals surface area contributed by atoms with Crippen LogP contribution in [-0.2, 0) is 0 Å². The van der Waals surface area contributed by atoms with Crippen LogP contribution in [0.1, 0.15) is 0 Å². The number of anilines is 3. The van der Waals surface area contributed by atoms with Crippen LogP contribution in [0.15, 0.2) is 151 Å². The highest BCUT2D eigenvalue weighted by molar-refractivity contribution is 7.26. The van der Waals surface area contributed by atoms with Gasteiger partial charge in [-0.3, -0.25) is 0 Å². The molecule has 2 aromatic heterocycles. The highest BCUT2D eigenvalue weighted by Gasteiger charge is 2.17. The van der Waals surface area contributed by atoms with Crippen molar-refractivity contribution >= 4 is 91.5 Å². The molecule has 7 aromatic carbocycles. The molecule has 43 heavy (non-hydrogen) atoms. The normalized spacial score (nSPS) is 11.7. The van der Waals surface area contributed by atoms with Crippen LogP contribution in [0.4, 0.5) is 17.1 Å². The van der Waals surface area contributed by atoms with Crippen molar-refractivity contribution in [3.63, 3.8) is 0 Å². The van der Waals surface area contributed by atoms with Gasteiger partial charge in [-0.2, -0.15) is 0 Å². The van der Waals surface area contributed by atoms with E-state index < -0.39 is 0 Å². The molecule has 0 N–H and O–H groups in total. The third-order valence-corrected chi connectivity index (χ3v) is 10.6. The van der Waals surface area contributed by atoms with E-state index in [0.29, 0.717) is 0 Å². The number of thiophene rings is 2. The first kappa shape index (κ1) is 24.6. The molecule has 202 valence electrons. The Morgan fingerprint density at radius 2 is 1.12 bits per heavy atom. The summed E-state index contributed by atoms with van der Waals surface area (Å²) in [6.45, 7) is 0. The molecule has 0 aliphatic heterocycles. The fraction of sp³-hybridized carbons (Fsp3) is 0. The Kier molecular flexibility index (Phi) is 5.62. The summed E-state index contributed by atoms with van der Waals surface area (Å²) in [6, 6.07) is 53.2. The predicted molar refractivity (Wildman–Crippen MR) is 190 cm³/mol. The number of hydrogen-bond acceptors (Lipinski definition) is 3. The van der Waals surface area contributed by atoms with Gasteiger partial charge in [0, 0.05) is 47.3 Å². The van der Waals surface area contributed by atoms with Crippen molar-refractivity contribution in [2.45, 2.75) is 0 Å². The average molecular weight is 584 g/mol. The van der Waals surface area contributed by atoms with Crippen molar-refractivity contribution < 1.29 is 0 Å². The van der Waals surface area contributed by atoms with Crippen LogP contribution in [0, 0.1) is 0 Å². The second-order valence-electron chi connectivity index (χ2n) is 11.0. The minimum Gasteiger partial charge on any atom is -0.311 e. The molecule has 0 radical (unpaired) electrons. The molecule has 0 unspecified atom stereocenters. The molecule has 9 rings (SSSR count). The Labute approximate surface area is 257 Å². The van der Waals surface area contributed by atoms with Gasteiger partial charge in [0.05, 0.1) is 0 Å². The Morgan fingerprint density at radius 1 is 0.442 bits per heavy atom. The van der Waals surface area contributed by atoms with Gasteiger partial charge in [0.15, 0.2) is 0 Å². The Hall–Kier alpha value is -4.96. The molecule has 0 fully saturated rings. The largest absolute Gasteiger partial charge is 0.311 e. The standard InChI is InChI=1S/C40H25NS2/c1-3-9-29(10-4-1)41(30-11-5-2-6-12-30)31-17-15-26(16-18-31)35-24-28-25-38-27(21-22-42-38)23-36(28)39-33(35)19-20-34-32-13-7-8-14-37(32)43-40(34)39/h1-25H. The summed E-state index contributed by atoms with van der Waals surface area (Å²) in [5, 5.41) is 11.5. The Balaban J connectivity index is 1.28. The predicted octanol–water partition coefficient (Wildman–Crippen LogP) is 12.7. The summed E-state index contributed by atoms with van der Waals surface area (Å²) >= 11 is 3.73. The highest BCUT2D eigenvalue weighted by Crippen LogP contribution is 2.45. The number of nitrogens with zero attached hydrogens (tertiary/aromatic N) is 1.